The van der Waals surface area contributed by atoms with Crippen LogP contribution in [-0.2, 0) is 30.3 Å². The van der Waals surface area contributed by atoms with Gasteiger partial charge in [0.2, 0.25) is 0 Å². The summed E-state index contributed by atoms with van der Waals surface area (Å²) >= 11 is 0. The fourth-order valence-corrected chi connectivity index (χ4v) is 4.31. The summed E-state index contributed by atoms with van der Waals surface area (Å²) in [6.07, 6.45) is 3.12. The van der Waals surface area contributed by atoms with E-state index in [9.17, 15) is 4.79 Å². The molecule has 1 aliphatic rings. The molecule has 5 rings (SSSR count). The maximum Gasteiger partial charge on any atom is 0.155 e. The molecular weight excluding hydrogens is 587 g/mol. The van der Waals surface area contributed by atoms with Crippen LogP contribution in [0.3, 0.4) is 0 Å². The van der Waals surface area contributed by atoms with Gasteiger partial charge < -0.3 is 10.1 Å². The van der Waals surface area contributed by atoms with Crippen molar-refractivity contribution < 1.29 is 30.0 Å². The molecule has 0 atom stereocenters. The summed E-state index contributed by atoms with van der Waals surface area (Å²) in [5, 5.41) is 10.7. The van der Waals surface area contributed by atoms with E-state index in [1.54, 1.807) is 0 Å². The minimum Gasteiger partial charge on any atom is -0.512 e. The van der Waals surface area contributed by atoms with E-state index in [2.05, 4.69) is 85.6 Å². The monoisotopic (exact) mass is 613 g/mol. The zero-order chi connectivity index (χ0) is 22.9. The maximum absolute atomic E-state index is 10.0. The number of carbonyl (C=O) groups is 1. The molecule has 1 radical (unpaired) electrons. The molecule has 3 aromatic carbocycles. The van der Waals surface area contributed by atoms with Crippen LogP contribution in [0.5, 0.6) is 0 Å². The van der Waals surface area contributed by atoms with Crippen molar-refractivity contribution in [3.63, 3.8) is 0 Å². The van der Waals surface area contributed by atoms with Crippen molar-refractivity contribution in [1.82, 2.24) is 4.98 Å². The first kappa shape index (κ1) is 24.6. The quantitative estimate of drug-likeness (QED) is 0.150. The molecule has 0 fully saturated rings. The predicted octanol–water partition coefficient (Wildman–Crippen LogP) is 7.04. The van der Waals surface area contributed by atoms with Crippen LogP contribution in [0.1, 0.15) is 38.8 Å². The molecule has 1 N–H and O–H groups in total. The van der Waals surface area contributed by atoms with Crippen molar-refractivity contribution >= 4 is 16.6 Å². The number of carbonyl (C=O) groups excluding carboxylic acids is 1. The average molecular weight is 613 g/mol. The van der Waals surface area contributed by atoms with Crippen LogP contribution in [0.4, 0.5) is 0 Å². The van der Waals surface area contributed by atoms with E-state index in [4.69, 9.17) is 5.11 Å². The molecule has 1 heterocycles. The van der Waals surface area contributed by atoms with Gasteiger partial charge in [-0.3, -0.25) is 4.79 Å². The van der Waals surface area contributed by atoms with Crippen molar-refractivity contribution in [2.75, 3.05) is 0 Å². The molecule has 169 valence electrons. The molecule has 33 heavy (non-hydrogen) atoms. The van der Waals surface area contributed by atoms with Crippen molar-refractivity contribution in [2.24, 2.45) is 0 Å². The van der Waals surface area contributed by atoms with Gasteiger partial charge in [0.15, 0.2) is 5.78 Å². The molecule has 0 saturated carbocycles. The summed E-state index contributed by atoms with van der Waals surface area (Å²) in [5.41, 5.74) is 7.42. The number of aliphatic hydroxyl groups excluding tert-OH is 1. The predicted molar refractivity (Wildman–Crippen MR) is 131 cm³/mol. The van der Waals surface area contributed by atoms with Gasteiger partial charge in [0, 0.05) is 32.4 Å². The Bertz CT molecular complexity index is 1350. The van der Waals surface area contributed by atoms with E-state index in [0.29, 0.717) is 0 Å². The molecule has 1 aromatic heterocycles. The first-order valence-corrected chi connectivity index (χ1v) is 10.7. The maximum atomic E-state index is 10.0. The number of nitrogens with zero attached hydrogens (tertiary/aromatic N) is 1. The normalized spacial score (nSPS) is 13.3. The van der Waals surface area contributed by atoms with Gasteiger partial charge in [-0.05, 0) is 41.3 Å². The van der Waals surface area contributed by atoms with Gasteiger partial charge in [0.25, 0.3) is 0 Å². The third kappa shape index (κ3) is 4.98. The second-order valence-electron chi connectivity index (χ2n) is 8.66. The molecule has 0 unspecified atom stereocenters. The molecule has 0 spiro atoms. The molecule has 4 heteroatoms. The van der Waals surface area contributed by atoms with E-state index < -0.39 is 0 Å². The Balaban J connectivity index is 0.000000337. The SMILES string of the molecule is CC(=O)/C=C(/C)O.CC1(C)c2ccccc2-c2c[c-]c(-c3cc4ccccc4cn3)cc21.[Ir]. The number of rotatable bonds is 2. The topological polar surface area (TPSA) is 50.2 Å². The van der Waals surface area contributed by atoms with E-state index in [1.165, 1.54) is 52.9 Å². The summed E-state index contributed by atoms with van der Waals surface area (Å²) in [5.74, 6) is -0.0625. The van der Waals surface area contributed by atoms with E-state index in [-0.39, 0.29) is 37.1 Å². The van der Waals surface area contributed by atoms with Gasteiger partial charge in [-0.25, -0.2) is 0 Å². The summed E-state index contributed by atoms with van der Waals surface area (Å²) in [6.45, 7) is 7.45. The molecule has 3 nitrogen and oxygen atoms in total. The van der Waals surface area contributed by atoms with Gasteiger partial charge in [0.1, 0.15) is 0 Å². The second kappa shape index (κ2) is 9.82. The van der Waals surface area contributed by atoms with Crippen LogP contribution in [0, 0.1) is 6.07 Å². The number of allylic oxidation sites excluding steroid dienone is 2. The number of aromatic nitrogens is 1. The van der Waals surface area contributed by atoms with E-state index in [1.807, 2.05) is 12.3 Å². The number of ketones is 1. The van der Waals surface area contributed by atoms with Crippen molar-refractivity contribution in [3.8, 4) is 22.4 Å². The minimum absolute atomic E-state index is 0. The summed E-state index contributed by atoms with van der Waals surface area (Å²) in [6, 6.07) is 27.1. The van der Waals surface area contributed by atoms with Crippen LogP contribution in [-0.4, -0.2) is 15.9 Å². The minimum atomic E-state index is -0.125. The van der Waals surface area contributed by atoms with Crippen molar-refractivity contribution in [3.05, 3.63) is 102 Å². The van der Waals surface area contributed by atoms with E-state index >= 15 is 0 Å². The van der Waals surface area contributed by atoms with Crippen LogP contribution in [0.2, 0.25) is 0 Å². The first-order chi connectivity index (χ1) is 15.3. The number of aliphatic hydroxyl groups is 1. The van der Waals surface area contributed by atoms with Crippen molar-refractivity contribution in [2.45, 2.75) is 33.1 Å². The van der Waals surface area contributed by atoms with Crippen LogP contribution in [0.15, 0.2) is 84.8 Å². The summed E-state index contributed by atoms with van der Waals surface area (Å²) < 4.78 is 0. The fraction of sp³-hybridized carbons (Fsp3) is 0.172. The summed E-state index contributed by atoms with van der Waals surface area (Å²) in [7, 11) is 0. The third-order valence-electron chi connectivity index (χ3n) is 5.83. The number of hydrogen-bond acceptors (Lipinski definition) is 3. The fourth-order valence-electron chi connectivity index (χ4n) is 4.31. The molecule has 1 aliphatic carbocycles. The third-order valence-corrected chi connectivity index (χ3v) is 5.83. The van der Waals surface area contributed by atoms with Crippen LogP contribution in [0.25, 0.3) is 33.2 Å². The number of pyridine rings is 1. The Morgan fingerprint density at radius 1 is 0.939 bits per heavy atom. The van der Waals surface area contributed by atoms with Gasteiger partial charge in [-0.2, -0.15) is 0 Å². The Labute approximate surface area is 208 Å². The largest absolute Gasteiger partial charge is 0.512 e. The van der Waals surface area contributed by atoms with Crippen LogP contribution >= 0.6 is 0 Å². The van der Waals surface area contributed by atoms with Gasteiger partial charge in [-0.1, -0.05) is 79.6 Å². The number of benzene rings is 3. The zero-order valence-electron chi connectivity index (χ0n) is 19.1. The smallest absolute Gasteiger partial charge is 0.155 e. The Morgan fingerprint density at radius 3 is 2.27 bits per heavy atom. The summed E-state index contributed by atoms with van der Waals surface area (Å²) in [4.78, 5) is 14.7. The Kier molecular flexibility index (Phi) is 7.31. The second-order valence-corrected chi connectivity index (χ2v) is 8.66. The van der Waals surface area contributed by atoms with Gasteiger partial charge in [0.05, 0.1) is 5.76 Å². The molecule has 4 aromatic rings. The number of hydrogen-bond donors (Lipinski definition) is 1. The molecule has 0 bridgehead atoms. The molecule has 0 saturated heterocycles. The molecule has 0 amide bonds. The Morgan fingerprint density at radius 2 is 1.61 bits per heavy atom. The van der Waals surface area contributed by atoms with Gasteiger partial charge in [-0.15, -0.1) is 29.3 Å². The Hall–Kier alpha value is -3.07. The number of fused-ring (bicyclic) bond motifs is 4. The molecule has 0 aliphatic heterocycles. The molecular formula is C29H26IrNO2-. The van der Waals surface area contributed by atoms with Gasteiger partial charge >= 0.3 is 0 Å². The standard InChI is InChI=1S/C24H18N.C5H8O2.Ir/c1-24(2)21-10-6-5-9-19(21)20-12-11-17(13-22(20)24)23-14-16-7-3-4-8-18(16)15-25-23;1-4(6)3-5(2)7;/h3-10,12-15H,1-2H3;3,6H,1-2H3;/q-1;;/b;4-3-;. The van der Waals surface area contributed by atoms with Crippen LogP contribution < -0.4 is 0 Å². The zero-order valence-corrected chi connectivity index (χ0v) is 21.5. The van der Waals surface area contributed by atoms with E-state index in [0.717, 1.165) is 11.3 Å². The van der Waals surface area contributed by atoms with Crippen molar-refractivity contribution in [1.29, 1.82) is 0 Å². The average Bonchev–Trinajstić information content (AvgIpc) is 3.00. The first-order valence-electron chi connectivity index (χ1n) is 10.7.